The lowest BCUT2D eigenvalue weighted by molar-refractivity contribution is -0.139. The lowest BCUT2D eigenvalue weighted by Crippen LogP contribution is -2.03. The van der Waals surface area contributed by atoms with E-state index in [0.717, 1.165) is 22.4 Å². The molecule has 0 radical (unpaired) electrons. The van der Waals surface area contributed by atoms with Gasteiger partial charge in [-0.15, -0.1) is 0 Å². The minimum atomic E-state index is -0.341. The summed E-state index contributed by atoms with van der Waals surface area (Å²) in [6, 6.07) is 17.5. The second kappa shape index (κ2) is 5.44. The first-order valence-corrected chi connectivity index (χ1v) is 6.82. The van der Waals surface area contributed by atoms with Gasteiger partial charge in [-0.2, -0.15) is 0 Å². The fourth-order valence-corrected chi connectivity index (χ4v) is 2.56. The van der Waals surface area contributed by atoms with E-state index in [-0.39, 0.29) is 12.1 Å². The van der Waals surface area contributed by atoms with Crippen LogP contribution in [0.3, 0.4) is 0 Å². The van der Waals surface area contributed by atoms with Gasteiger partial charge in [0.25, 0.3) is 0 Å². The van der Waals surface area contributed by atoms with Gasteiger partial charge in [0.1, 0.15) is 5.75 Å². The zero-order valence-corrected chi connectivity index (χ0v) is 12.0. The van der Waals surface area contributed by atoms with E-state index in [1.807, 2.05) is 61.5 Å². The Labute approximate surface area is 123 Å². The Hall–Kier alpha value is -2.55. The standard InChI is InChI=1S/C18H16O3/c1-12-16(13-8-10-15(20-2)11-9-13)17(21-18(12)19)14-6-4-3-5-7-14/h3-11,17H,1-2H3. The molecule has 2 aromatic carbocycles. The van der Waals surface area contributed by atoms with Crippen molar-refractivity contribution in [3.63, 3.8) is 0 Å². The van der Waals surface area contributed by atoms with Gasteiger partial charge in [0.05, 0.1) is 7.11 Å². The van der Waals surface area contributed by atoms with Crippen molar-refractivity contribution in [1.82, 2.24) is 0 Å². The average Bonchev–Trinajstić information content (AvgIpc) is 2.84. The Balaban J connectivity index is 2.05. The minimum absolute atomic E-state index is 0.255. The van der Waals surface area contributed by atoms with E-state index in [1.54, 1.807) is 7.11 Å². The van der Waals surface area contributed by atoms with Gasteiger partial charge in [0.15, 0.2) is 6.10 Å². The van der Waals surface area contributed by atoms with Gasteiger partial charge in [-0.3, -0.25) is 0 Å². The normalized spacial score (nSPS) is 17.8. The summed E-state index contributed by atoms with van der Waals surface area (Å²) in [4.78, 5) is 12.0. The molecule has 0 bridgehead atoms. The number of carbonyl (C=O) groups is 1. The molecule has 0 spiro atoms. The predicted octanol–water partition coefficient (Wildman–Crippen LogP) is 3.77. The number of esters is 1. The molecule has 1 unspecified atom stereocenters. The minimum Gasteiger partial charge on any atom is -0.497 e. The maximum atomic E-state index is 12.0. The Morgan fingerprint density at radius 3 is 2.29 bits per heavy atom. The third-order valence-corrected chi connectivity index (χ3v) is 3.70. The molecule has 3 nitrogen and oxygen atoms in total. The lowest BCUT2D eigenvalue weighted by atomic mass is 9.93. The van der Waals surface area contributed by atoms with Gasteiger partial charge >= 0.3 is 5.97 Å². The molecule has 106 valence electrons. The van der Waals surface area contributed by atoms with Gasteiger partial charge in [0.2, 0.25) is 0 Å². The topological polar surface area (TPSA) is 35.5 Å². The van der Waals surface area contributed by atoms with Crippen LogP contribution in [0.15, 0.2) is 60.2 Å². The number of carbonyl (C=O) groups excluding carboxylic acids is 1. The monoisotopic (exact) mass is 280 g/mol. The molecular weight excluding hydrogens is 264 g/mol. The third kappa shape index (κ3) is 2.42. The number of benzene rings is 2. The van der Waals surface area contributed by atoms with E-state index < -0.39 is 0 Å². The van der Waals surface area contributed by atoms with Crippen LogP contribution < -0.4 is 4.74 Å². The zero-order valence-electron chi connectivity index (χ0n) is 12.0. The summed E-state index contributed by atoms with van der Waals surface area (Å²) in [5, 5.41) is 0. The molecule has 0 saturated heterocycles. The molecule has 2 aromatic rings. The van der Waals surface area contributed by atoms with Crippen LogP contribution in [0, 0.1) is 0 Å². The fraction of sp³-hybridized carbons (Fsp3) is 0.167. The van der Waals surface area contributed by atoms with Crippen molar-refractivity contribution in [3.8, 4) is 5.75 Å². The van der Waals surface area contributed by atoms with Crippen LogP contribution in [-0.4, -0.2) is 13.1 Å². The summed E-state index contributed by atoms with van der Waals surface area (Å²) >= 11 is 0. The van der Waals surface area contributed by atoms with Crippen LogP contribution in [-0.2, 0) is 9.53 Å². The van der Waals surface area contributed by atoms with E-state index in [1.165, 1.54) is 0 Å². The third-order valence-electron chi connectivity index (χ3n) is 3.70. The Bertz CT molecular complexity index is 684. The van der Waals surface area contributed by atoms with Gasteiger partial charge in [-0.25, -0.2) is 4.79 Å². The molecule has 0 fully saturated rings. The summed E-state index contributed by atoms with van der Waals surface area (Å²) < 4.78 is 10.7. The molecule has 0 aliphatic carbocycles. The Kier molecular flexibility index (Phi) is 3.48. The largest absolute Gasteiger partial charge is 0.497 e. The zero-order chi connectivity index (χ0) is 14.8. The second-order valence-corrected chi connectivity index (χ2v) is 4.96. The van der Waals surface area contributed by atoms with Gasteiger partial charge in [-0.1, -0.05) is 42.5 Å². The highest BCUT2D eigenvalue weighted by Crippen LogP contribution is 2.41. The van der Waals surface area contributed by atoms with Crippen LogP contribution in [0.2, 0.25) is 0 Å². The first-order chi connectivity index (χ1) is 10.2. The molecule has 3 heteroatoms. The predicted molar refractivity (Wildman–Crippen MR) is 80.9 cm³/mol. The van der Waals surface area contributed by atoms with Crippen molar-refractivity contribution in [1.29, 1.82) is 0 Å². The molecule has 0 N–H and O–H groups in total. The van der Waals surface area contributed by atoms with Gasteiger partial charge in [0, 0.05) is 11.1 Å². The summed E-state index contributed by atoms with van der Waals surface area (Å²) in [7, 11) is 1.63. The van der Waals surface area contributed by atoms with E-state index in [4.69, 9.17) is 9.47 Å². The summed E-state index contributed by atoms with van der Waals surface area (Å²) in [6.07, 6.45) is -0.341. The average molecular weight is 280 g/mol. The van der Waals surface area contributed by atoms with Crippen molar-refractivity contribution in [2.24, 2.45) is 0 Å². The SMILES string of the molecule is COc1ccc(C2=C(C)C(=O)OC2c2ccccc2)cc1. The van der Waals surface area contributed by atoms with E-state index in [0.29, 0.717) is 5.57 Å². The lowest BCUT2D eigenvalue weighted by Gasteiger charge is -2.15. The van der Waals surface area contributed by atoms with Crippen LogP contribution in [0.1, 0.15) is 24.2 Å². The smallest absolute Gasteiger partial charge is 0.335 e. The fourth-order valence-electron chi connectivity index (χ4n) is 2.56. The highest BCUT2D eigenvalue weighted by atomic mass is 16.5. The quantitative estimate of drug-likeness (QED) is 0.803. The first kappa shape index (κ1) is 13.4. The van der Waals surface area contributed by atoms with Crippen LogP contribution >= 0.6 is 0 Å². The second-order valence-electron chi connectivity index (χ2n) is 4.96. The van der Waals surface area contributed by atoms with Crippen molar-refractivity contribution >= 4 is 11.5 Å². The summed E-state index contributed by atoms with van der Waals surface area (Å²) in [5.74, 6) is 0.535. The van der Waals surface area contributed by atoms with Crippen LogP contribution in [0.4, 0.5) is 0 Å². The van der Waals surface area contributed by atoms with Crippen molar-refractivity contribution < 1.29 is 14.3 Å². The molecule has 3 rings (SSSR count). The summed E-state index contributed by atoms with van der Waals surface area (Å²) in [6.45, 7) is 1.81. The maximum absolute atomic E-state index is 12.0. The molecular formula is C18H16O3. The number of cyclic esters (lactones) is 1. The molecule has 1 aliphatic heterocycles. The Morgan fingerprint density at radius 1 is 1.00 bits per heavy atom. The number of rotatable bonds is 3. The van der Waals surface area contributed by atoms with Crippen LogP contribution in [0.25, 0.3) is 5.57 Å². The molecule has 0 amide bonds. The molecule has 0 aromatic heterocycles. The van der Waals surface area contributed by atoms with E-state index in [9.17, 15) is 4.79 Å². The number of methoxy groups -OCH3 is 1. The van der Waals surface area contributed by atoms with Crippen molar-refractivity contribution in [2.75, 3.05) is 7.11 Å². The first-order valence-electron chi connectivity index (χ1n) is 6.82. The maximum Gasteiger partial charge on any atom is 0.335 e. The Morgan fingerprint density at radius 2 is 1.67 bits per heavy atom. The van der Waals surface area contributed by atoms with Crippen LogP contribution in [0.5, 0.6) is 5.75 Å². The molecule has 0 saturated carbocycles. The van der Waals surface area contributed by atoms with Crippen molar-refractivity contribution in [3.05, 3.63) is 71.3 Å². The number of ether oxygens (including phenoxy) is 2. The van der Waals surface area contributed by atoms with Gasteiger partial charge < -0.3 is 9.47 Å². The molecule has 21 heavy (non-hydrogen) atoms. The highest BCUT2D eigenvalue weighted by molar-refractivity contribution is 6.02. The van der Waals surface area contributed by atoms with Gasteiger partial charge in [-0.05, 0) is 30.2 Å². The molecule has 1 heterocycles. The number of hydrogen-bond donors (Lipinski definition) is 0. The molecule has 1 aliphatic rings. The molecule has 1 atom stereocenters. The highest BCUT2D eigenvalue weighted by Gasteiger charge is 2.33. The number of hydrogen-bond acceptors (Lipinski definition) is 3. The van der Waals surface area contributed by atoms with E-state index in [2.05, 4.69) is 0 Å². The summed E-state index contributed by atoms with van der Waals surface area (Å²) in [5.41, 5.74) is 3.55. The van der Waals surface area contributed by atoms with E-state index >= 15 is 0 Å². The van der Waals surface area contributed by atoms with Crippen molar-refractivity contribution in [2.45, 2.75) is 13.0 Å².